The van der Waals surface area contributed by atoms with E-state index in [1.165, 1.54) is 26.4 Å². The van der Waals surface area contributed by atoms with Gasteiger partial charge in [0, 0.05) is 19.9 Å². The molecule has 0 unspecified atom stereocenters. The highest BCUT2D eigenvalue weighted by Gasteiger charge is 2.34. The summed E-state index contributed by atoms with van der Waals surface area (Å²) in [7, 11) is 4.55. The maximum Gasteiger partial charge on any atom is 0.387 e. The second kappa shape index (κ2) is 9.65. The summed E-state index contributed by atoms with van der Waals surface area (Å²) in [5.41, 5.74) is 1.38. The minimum Gasteiger partial charge on any atom is -0.493 e. The van der Waals surface area contributed by atoms with Gasteiger partial charge in [-0.3, -0.25) is 0 Å². The summed E-state index contributed by atoms with van der Waals surface area (Å²) in [4.78, 5) is 14.3. The van der Waals surface area contributed by atoms with Gasteiger partial charge in [0.2, 0.25) is 0 Å². The van der Waals surface area contributed by atoms with E-state index < -0.39 is 18.6 Å². The van der Waals surface area contributed by atoms with Gasteiger partial charge in [-0.15, -0.1) is 0 Å². The molecule has 0 fully saturated rings. The van der Waals surface area contributed by atoms with Gasteiger partial charge in [0.05, 0.1) is 25.3 Å². The minimum absolute atomic E-state index is 0.0787. The van der Waals surface area contributed by atoms with Crippen molar-refractivity contribution in [2.24, 2.45) is 0 Å². The third-order valence-electron chi connectivity index (χ3n) is 4.23. The molecular formula is C18H22F2N2O5S. The molecule has 0 saturated carbocycles. The van der Waals surface area contributed by atoms with Crippen LogP contribution in [0.4, 0.5) is 8.78 Å². The number of alkyl halides is 2. The van der Waals surface area contributed by atoms with Crippen molar-refractivity contribution in [2.75, 3.05) is 34.5 Å². The van der Waals surface area contributed by atoms with Crippen molar-refractivity contribution >= 4 is 23.3 Å². The largest absolute Gasteiger partial charge is 0.493 e. The number of hydrogen-bond acceptors (Lipinski definition) is 6. The highest BCUT2D eigenvalue weighted by Crippen LogP contribution is 2.36. The lowest BCUT2D eigenvalue weighted by Crippen LogP contribution is -2.46. The van der Waals surface area contributed by atoms with Gasteiger partial charge in [0.1, 0.15) is 6.61 Å². The third-order valence-corrected chi connectivity index (χ3v) is 4.62. The molecule has 154 valence electrons. The molecule has 2 rings (SSSR count). The summed E-state index contributed by atoms with van der Waals surface area (Å²) in [6, 6.07) is 3.80. The van der Waals surface area contributed by atoms with Gasteiger partial charge in [-0.05, 0) is 36.8 Å². The zero-order valence-corrected chi connectivity index (χ0v) is 16.8. The molecule has 28 heavy (non-hydrogen) atoms. The Kier molecular flexibility index (Phi) is 7.53. The lowest BCUT2D eigenvalue weighted by Gasteiger charge is -2.35. The van der Waals surface area contributed by atoms with Gasteiger partial charge in [0.25, 0.3) is 0 Å². The van der Waals surface area contributed by atoms with E-state index in [0.29, 0.717) is 21.9 Å². The van der Waals surface area contributed by atoms with Crippen LogP contribution in [0.1, 0.15) is 18.5 Å². The van der Waals surface area contributed by atoms with E-state index >= 15 is 0 Å². The number of halogens is 2. The van der Waals surface area contributed by atoms with Crippen molar-refractivity contribution in [3.63, 3.8) is 0 Å². The zero-order chi connectivity index (χ0) is 20.8. The molecule has 1 heterocycles. The van der Waals surface area contributed by atoms with E-state index in [1.807, 2.05) is 0 Å². The normalized spacial score (nSPS) is 16.9. The molecule has 0 amide bonds. The second-order valence-corrected chi connectivity index (χ2v) is 6.24. The zero-order valence-electron chi connectivity index (χ0n) is 16.0. The molecule has 0 saturated heterocycles. The number of methoxy groups -OCH3 is 2. The van der Waals surface area contributed by atoms with Gasteiger partial charge >= 0.3 is 12.6 Å². The summed E-state index contributed by atoms with van der Waals surface area (Å²) in [6.07, 6.45) is 0. The van der Waals surface area contributed by atoms with Crippen molar-refractivity contribution in [1.82, 2.24) is 10.2 Å². The molecule has 0 aliphatic carbocycles. The Bertz CT molecular complexity index is 772. The summed E-state index contributed by atoms with van der Waals surface area (Å²) in [5, 5.41) is 3.41. The number of carbonyl (C=O) groups excluding carboxylic acids is 1. The average molecular weight is 416 g/mol. The Morgan fingerprint density at radius 2 is 2.00 bits per heavy atom. The number of thiocarbonyl (C=S) groups is 1. The van der Waals surface area contributed by atoms with Gasteiger partial charge < -0.3 is 29.2 Å². The van der Waals surface area contributed by atoms with Gasteiger partial charge in [-0.1, -0.05) is 6.07 Å². The maximum absolute atomic E-state index is 12.7. The van der Waals surface area contributed by atoms with E-state index in [9.17, 15) is 13.6 Å². The molecule has 7 nitrogen and oxygen atoms in total. The summed E-state index contributed by atoms with van der Waals surface area (Å²) in [6.45, 7) is -0.964. The number of ether oxygens (including phenoxy) is 4. The summed E-state index contributed by atoms with van der Waals surface area (Å²) >= 11 is 5.31. The number of nitrogens with zero attached hydrogens (tertiary/aromatic N) is 1. The number of esters is 1. The standard InChI is InChI=1S/C18H22F2N2O5S/c1-10-14(16(23)26-8-7-24-3)15(21-18(28)22(10)2)11-5-6-12(25-4)13(9-11)27-17(19)20/h5-6,9,15,17H,7-8H2,1-4H3,(H,21,28)/t15-/m1/s1. The molecule has 1 N–H and O–H groups in total. The van der Waals surface area contributed by atoms with E-state index in [2.05, 4.69) is 10.1 Å². The first kappa shape index (κ1) is 21.8. The van der Waals surface area contributed by atoms with E-state index in [1.54, 1.807) is 24.9 Å². The molecular weight excluding hydrogens is 394 g/mol. The van der Waals surface area contributed by atoms with Crippen molar-refractivity contribution in [1.29, 1.82) is 0 Å². The Labute approximate surface area is 167 Å². The fourth-order valence-electron chi connectivity index (χ4n) is 2.71. The molecule has 10 heteroatoms. The molecule has 1 aromatic carbocycles. The van der Waals surface area contributed by atoms with E-state index in [0.717, 1.165) is 0 Å². The second-order valence-electron chi connectivity index (χ2n) is 5.86. The van der Waals surface area contributed by atoms with Crippen LogP contribution in [0, 0.1) is 0 Å². The van der Waals surface area contributed by atoms with Gasteiger partial charge in [-0.2, -0.15) is 8.78 Å². The fraction of sp³-hybridized carbons (Fsp3) is 0.444. The van der Waals surface area contributed by atoms with Crippen molar-refractivity contribution in [3.8, 4) is 11.5 Å². The monoisotopic (exact) mass is 416 g/mol. The molecule has 0 aromatic heterocycles. The van der Waals surface area contributed by atoms with Crippen LogP contribution in [-0.4, -0.2) is 57.1 Å². The van der Waals surface area contributed by atoms with Crippen LogP contribution in [0.15, 0.2) is 29.5 Å². The predicted molar refractivity (Wildman–Crippen MR) is 101 cm³/mol. The highest BCUT2D eigenvalue weighted by molar-refractivity contribution is 7.80. The lowest BCUT2D eigenvalue weighted by molar-refractivity contribution is -0.140. The van der Waals surface area contributed by atoms with Crippen LogP contribution in [0.5, 0.6) is 11.5 Å². The van der Waals surface area contributed by atoms with Crippen LogP contribution in [0.3, 0.4) is 0 Å². The molecule has 1 aliphatic rings. The van der Waals surface area contributed by atoms with Gasteiger partial charge in [-0.25, -0.2) is 4.79 Å². The number of nitrogens with one attached hydrogen (secondary N) is 1. The Hall–Kier alpha value is -2.46. The maximum atomic E-state index is 12.7. The molecule has 0 radical (unpaired) electrons. The first-order chi connectivity index (χ1) is 13.3. The first-order valence-corrected chi connectivity index (χ1v) is 8.74. The van der Waals surface area contributed by atoms with Crippen LogP contribution in [0.25, 0.3) is 0 Å². The van der Waals surface area contributed by atoms with Crippen LogP contribution >= 0.6 is 12.2 Å². The Balaban J connectivity index is 2.45. The van der Waals surface area contributed by atoms with Crippen molar-refractivity contribution < 1.29 is 32.5 Å². The molecule has 1 aliphatic heterocycles. The Morgan fingerprint density at radius 1 is 1.29 bits per heavy atom. The molecule has 1 aromatic rings. The quantitative estimate of drug-likeness (QED) is 0.394. The molecule has 0 spiro atoms. The molecule has 0 bridgehead atoms. The van der Waals surface area contributed by atoms with Crippen molar-refractivity contribution in [3.05, 3.63) is 35.0 Å². The minimum atomic E-state index is -3.02. The topological polar surface area (TPSA) is 69.3 Å². The number of allylic oxidation sites excluding steroid dienone is 1. The number of benzene rings is 1. The van der Waals surface area contributed by atoms with E-state index in [-0.39, 0.29) is 24.7 Å². The SMILES string of the molecule is COCCOC(=O)C1=C(C)N(C)C(=S)N[C@@H]1c1ccc(OC)c(OC(F)F)c1. The summed E-state index contributed by atoms with van der Waals surface area (Å²) < 4.78 is 45.2. The third kappa shape index (κ3) is 4.87. The fourth-order valence-corrected chi connectivity index (χ4v) is 2.96. The highest BCUT2D eigenvalue weighted by atomic mass is 32.1. The Morgan fingerprint density at radius 3 is 2.61 bits per heavy atom. The number of hydrogen-bond donors (Lipinski definition) is 1. The van der Waals surface area contributed by atoms with Crippen molar-refractivity contribution in [2.45, 2.75) is 19.6 Å². The van der Waals surface area contributed by atoms with Crippen LogP contribution < -0.4 is 14.8 Å². The number of carbonyl (C=O) groups is 1. The van der Waals surface area contributed by atoms with Crippen LogP contribution in [-0.2, 0) is 14.3 Å². The van der Waals surface area contributed by atoms with E-state index in [4.69, 9.17) is 26.4 Å². The number of rotatable bonds is 8. The van der Waals surface area contributed by atoms with Crippen LogP contribution in [0.2, 0.25) is 0 Å². The summed E-state index contributed by atoms with van der Waals surface area (Å²) in [5.74, 6) is -0.565. The first-order valence-electron chi connectivity index (χ1n) is 8.34. The van der Waals surface area contributed by atoms with Gasteiger partial charge in [0.15, 0.2) is 16.6 Å². The smallest absolute Gasteiger partial charge is 0.387 e. The average Bonchev–Trinajstić information content (AvgIpc) is 2.65. The lowest BCUT2D eigenvalue weighted by atomic mass is 9.95. The molecule has 1 atom stereocenters. The predicted octanol–water partition coefficient (Wildman–Crippen LogP) is 2.62.